The zero-order valence-corrected chi connectivity index (χ0v) is 16.9. The van der Waals surface area contributed by atoms with Crippen molar-refractivity contribution in [3.8, 4) is 0 Å². The molecule has 31 heavy (non-hydrogen) atoms. The van der Waals surface area contributed by atoms with Gasteiger partial charge < -0.3 is 10.2 Å². The first-order valence-electron chi connectivity index (χ1n) is 9.11. The summed E-state index contributed by atoms with van der Waals surface area (Å²) in [5.74, 6) is 0. The Morgan fingerprint density at radius 2 is 1.77 bits per heavy atom. The normalized spacial score (nSPS) is 23.5. The summed E-state index contributed by atoms with van der Waals surface area (Å²) in [5.41, 5.74) is -2.09. The Balaban J connectivity index is 1.74. The number of benzene rings is 2. The minimum atomic E-state index is -4.62. The van der Waals surface area contributed by atoms with Crippen molar-refractivity contribution in [1.29, 1.82) is 0 Å². The Kier molecular flexibility index (Phi) is 4.69. The number of urea groups is 1. The Morgan fingerprint density at radius 3 is 2.39 bits per heavy atom. The number of hydrogen-bond donors (Lipinski definition) is 2. The molecule has 7 nitrogen and oxygen atoms in total. The molecular weight excluding hydrogens is 437 g/mol. The maximum Gasteiger partial charge on any atom is 0.416 e. The van der Waals surface area contributed by atoms with Crippen LogP contribution in [-0.2, 0) is 22.6 Å². The number of rotatable bonds is 3. The van der Waals surface area contributed by atoms with Crippen molar-refractivity contribution in [2.24, 2.45) is 0 Å². The minimum Gasteiger partial charge on any atom is -0.368 e. The second-order valence-electron chi connectivity index (χ2n) is 7.40. The Hall–Kier alpha value is -2.89. The van der Waals surface area contributed by atoms with Gasteiger partial charge in [0.1, 0.15) is 0 Å². The van der Waals surface area contributed by atoms with Gasteiger partial charge in [0, 0.05) is 5.69 Å². The molecule has 2 aromatic carbocycles. The number of amides is 2. The fourth-order valence-electron chi connectivity index (χ4n) is 3.64. The predicted molar refractivity (Wildman–Crippen MR) is 104 cm³/mol. The lowest BCUT2D eigenvalue weighted by atomic mass is 10.1. The molecule has 0 spiro atoms. The molecule has 4 rings (SSSR count). The molecule has 0 radical (unpaired) electrons. The summed E-state index contributed by atoms with van der Waals surface area (Å²) in [7, 11) is -4.58. The van der Waals surface area contributed by atoms with Gasteiger partial charge in [0.05, 0.1) is 10.5 Å². The van der Waals surface area contributed by atoms with Crippen LogP contribution >= 0.6 is 0 Å². The fraction of sp³-hybridized carbons (Fsp3) is 0.250. The molecule has 1 aliphatic heterocycles. The van der Waals surface area contributed by atoms with Crippen LogP contribution in [0.4, 0.5) is 23.7 Å². The first kappa shape index (κ1) is 21.3. The number of nitrogens with zero attached hydrogens (tertiary/aromatic N) is 2. The lowest BCUT2D eigenvalue weighted by Gasteiger charge is -2.30. The quantitative estimate of drug-likeness (QED) is 0.743. The third-order valence-corrected chi connectivity index (χ3v) is 7.03. The molecule has 1 aliphatic carbocycles. The monoisotopic (exact) mass is 454 g/mol. The number of allylic oxidation sites excluding steroid dienone is 1. The first-order valence-corrected chi connectivity index (χ1v) is 10.5. The predicted octanol–water partition coefficient (Wildman–Crippen LogP) is 2.93. The topological polar surface area (TPSA) is 98.1 Å². The first-order chi connectivity index (χ1) is 14.3. The highest BCUT2D eigenvalue weighted by atomic mass is 32.2. The number of anilines is 1. The van der Waals surface area contributed by atoms with Crippen molar-refractivity contribution in [3.63, 3.8) is 0 Å². The van der Waals surface area contributed by atoms with E-state index in [4.69, 9.17) is 0 Å². The molecule has 11 heteroatoms. The van der Waals surface area contributed by atoms with Crippen LogP contribution in [0.25, 0.3) is 6.08 Å². The summed E-state index contributed by atoms with van der Waals surface area (Å²) >= 11 is 0. The van der Waals surface area contributed by atoms with E-state index in [-0.39, 0.29) is 14.9 Å². The molecule has 2 aromatic rings. The van der Waals surface area contributed by atoms with Gasteiger partial charge in [0.25, 0.3) is 10.0 Å². The van der Waals surface area contributed by atoms with Crippen LogP contribution in [0.5, 0.6) is 0 Å². The third-order valence-electron chi connectivity index (χ3n) is 5.31. The highest BCUT2D eigenvalue weighted by Gasteiger charge is 2.58. The van der Waals surface area contributed by atoms with E-state index in [0.29, 0.717) is 29.0 Å². The van der Waals surface area contributed by atoms with Gasteiger partial charge in [-0.2, -0.15) is 17.5 Å². The smallest absolute Gasteiger partial charge is 0.368 e. The number of sulfonamides is 1. The van der Waals surface area contributed by atoms with E-state index in [1.807, 2.05) is 6.08 Å². The molecule has 1 heterocycles. The lowest BCUT2D eigenvalue weighted by molar-refractivity contribution is -0.137. The molecule has 0 bridgehead atoms. The van der Waals surface area contributed by atoms with Crippen LogP contribution in [0.1, 0.15) is 23.6 Å². The van der Waals surface area contributed by atoms with Crippen LogP contribution in [0.3, 0.4) is 0 Å². The van der Waals surface area contributed by atoms with E-state index in [1.165, 1.54) is 12.1 Å². The van der Waals surface area contributed by atoms with Gasteiger partial charge in [-0.25, -0.2) is 13.2 Å². The number of carbonyl (C=O) groups excluding carboxylic acids is 1. The van der Waals surface area contributed by atoms with Gasteiger partial charge in [-0.05, 0) is 60.9 Å². The third kappa shape index (κ3) is 3.29. The van der Waals surface area contributed by atoms with Crippen LogP contribution in [-0.4, -0.2) is 40.9 Å². The van der Waals surface area contributed by atoms with Crippen LogP contribution in [0.15, 0.2) is 53.4 Å². The number of aliphatic hydroxyl groups is 2. The summed E-state index contributed by atoms with van der Waals surface area (Å²) in [6, 6.07) is 6.13. The highest BCUT2D eigenvalue weighted by molar-refractivity contribution is 7.89. The van der Waals surface area contributed by atoms with Crippen LogP contribution in [0.2, 0.25) is 0 Å². The van der Waals surface area contributed by atoms with Crippen molar-refractivity contribution in [2.45, 2.75) is 36.4 Å². The lowest BCUT2D eigenvalue weighted by Crippen LogP contribution is -2.50. The molecular formula is C20H17F3N2O5S. The molecule has 0 aromatic heterocycles. The van der Waals surface area contributed by atoms with Gasteiger partial charge in [0.15, 0.2) is 12.0 Å². The average Bonchev–Trinajstić information content (AvgIpc) is 3.21. The van der Waals surface area contributed by atoms with Crippen molar-refractivity contribution >= 4 is 27.8 Å². The van der Waals surface area contributed by atoms with Gasteiger partial charge in [0.2, 0.25) is 0 Å². The number of fused-ring (bicyclic) bond motifs is 1. The zero-order valence-electron chi connectivity index (χ0n) is 16.0. The van der Waals surface area contributed by atoms with E-state index >= 15 is 0 Å². The molecule has 2 amide bonds. The highest BCUT2D eigenvalue weighted by Crippen LogP contribution is 2.39. The molecule has 1 saturated heterocycles. The molecule has 1 fully saturated rings. The number of alkyl halides is 3. The van der Waals surface area contributed by atoms with Gasteiger partial charge in [-0.1, -0.05) is 18.2 Å². The van der Waals surface area contributed by atoms with E-state index in [9.17, 15) is 36.6 Å². The van der Waals surface area contributed by atoms with E-state index < -0.39 is 39.7 Å². The van der Waals surface area contributed by atoms with E-state index in [1.54, 1.807) is 12.1 Å². The van der Waals surface area contributed by atoms with Crippen molar-refractivity contribution < 1.29 is 36.6 Å². The van der Waals surface area contributed by atoms with Crippen molar-refractivity contribution in [2.75, 3.05) is 4.90 Å². The number of hydrogen-bond acceptors (Lipinski definition) is 5. The zero-order chi connectivity index (χ0) is 22.8. The maximum absolute atomic E-state index is 13.1. The van der Waals surface area contributed by atoms with Gasteiger partial charge in [-0.3, -0.25) is 4.90 Å². The second-order valence-corrected chi connectivity index (χ2v) is 9.21. The Labute approximate surface area is 175 Å². The fourth-order valence-corrected chi connectivity index (χ4v) is 5.13. The molecule has 0 saturated carbocycles. The van der Waals surface area contributed by atoms with Gasteiger partial charge >= 0.3 is 12.2 Å². The average molecular weight is 454 g/mol. The summed E-state index contributed by atoms with van der Waals surface area (Å²) in [6.45, 7) is 0.994. The van der Waals surface area contributed by atoms with E-state index in [2.05, 4.69) is 0 Å². The standard InChI is InChI=1S/C20H17F3N2O5S/c1-19(28)17(26)25(31(29,30)16-10-5-12-3-2-4-13(12)11-16)18(27)24(19)15-8-6-14(7-9-15)20(21,22)23/h2,4-11,17,26,28H,3H2,1H3. The summed E-state index contributed by atoms with van der Waals surface area (Å²) in [4.78, 5) is 13.3. The minimum absolute atomic E-state index is 0.130. The molecule has 164 valence electrons. The van der Waals surface area contributed by atoms with Crippen LogP contribution < -0.4 is 4.90 Å². The summed E-state index contributed by atoms with van der Waals surface area (Å²) < 4.78 is 64.9. The molecule has 2 aliphatic rings. The Morgan fingerprint density at radius 1 is 1.13 bits per heavy atom. The molecule has 2 unspecified atom stereocenters. The number of halogens is 3. The SMILES string of the molecule is CC1(O)C(O)N(S(=O)(=O)c2ccc3c(c2)C=CC3)C(=O)N1c1ccc(C(F)(F)F)cc1. The number of aliphatic hydroxyl groups excluding tert-OH is 1. The van der Waals surface area contributed by atoms with Crippen LogP contribution in [0, 0.1) is 0 Å². The maximum atomic E-state index is 13.1. The molecule has 2 atom stereocenters. The van der Waals surface area contributed by atoms with E-state index in [0.717, 1.165) is 24.6 Å². The summed E-state index contributed by atoms with van der Waals surface area (Å²) in [5, 5.41) is 21.3. The second kappa shape index (κ2) is 6.81. The number of carbonyl (C=O) groups is 1. The Bertz CT molecular complexity index is 1190. The largest absolute Gasteiger partial charge is 0.416 e. The van der Waals surface area contributed by atoms with Crippen molar-refractivity contribution in [3.05, 3.63) is 65.2 Å². The van der Waals surface area contributed by atoms with Crippen molar-refractivity contribution in [1.82, 2.24) is 4.31 Å². The molecule has 2 N–H and O–H groups in total. The summed E-state index contributed by atoms with van der Waals surface area (Å²) in [6.07, 6.45) is -2.62. The van der Waals surface area contributed by atoms with Gasteiger partial charge in [-0.15, -0.1) is 0 Å².